The van der Waals surface area contributed by atoms with E-state index in [0.29, 0.717) is 19.6 Å². The molecule has 4 nitrogen and oxygen atoms in total. The van der Waals surface area contributed by atoms with Crippen molar-refractivity contribution in [2.45, 2.75) is 52.1 Å². The molecule has 0 radical (unpaired) electrons. The Morgan fingerprint density at radius 3 is 2.65 bits per heavy atom. The standard InChI is InChI=1S/C17H27FN2O2S/c1-3-4-11-23(21,22)20-9-7-17(8-10-20)19-13-15-12-16(18)6-5-14(15)2/h5-6,12,17,19H,3-4,7-11,13H2,1-2H3. The predicted molar refractivity (Wildman–Crippen MR) is 91.3 cm³/mol. The highest BCUT2D eigenvalue weighted by Crippen LogP contribution is 2.17. The summed E-state index contributed by atoms with van der Waals surface area (Å²) in [4.78, 5) is 0. The van der Waals surface area contributed by atoms with Crippen LogP contribution in [-0.4, -0.2) is 37.6 Å². The lowest BCUT2D eigenvalue weighted by Crippen LogP contribution is -2.45. The number of piperidine rings is 1. The Labute approximate surface area is 139 Å². The molecule has 0 atom stereocenters. The molecule has 6 heteroatoms. The van der Waals surface area contributed by atoms with Crippen LogP contribution in [0.5, 0.6) is 0 Å². The first-order chi connectivity index (χ1) is 10.9. The minimum atomic E-state index is -3.09. The third-order valence-electron chi connectivity index (χ3n) is 4.50. The fraction of sp³-hybridized carbons (Fsp3) is 0.647. The molecule has 2 rings (SSSR count). The lowest BCUT2D eigenvalue weighted by atomic mass is 10.0. The SMILES string of the molecule is CCCCS(=O)(=O)N1CCC(NCc2cc(F)ccc2C)CC1. The average molecular weight is 342 g/mol. The van der Waals surface area contributed by atoms with Crippen molar-refractivity contribution in [2.24, 2.45) is 0 Å². The molecule has 1 aromatic carbocycles. The molecule has 1 N–H and O–H groups in total. The fourth-order valence-corrected chi connectivity index (χ4v) is 4.56. The van der Waals surface area contributed by atoms with Gasteiger partial charge in [0, 0.05) is 25.7 Å². The van der Waals surface area contributed by atoms with E-state index in [9.17, 15) is 12.8 Å². The van der Waals surface area contributed by atoms with E-state index >= 15 is 0 Å². The van der Waals surface area contributed by atoms with Gasteiger partial charge in [0.15, 0.2) is 0 Å². The molecule has 0 aliphatic carbocycles. The molecule has 1 aliphatic rings. The summed E-state index contributed by atoms with van der Waals surface area (Å²) in [7, 11) is -3.09. The number of unbranched alkanes of at least 4 members (excludes halogenated alkanes) is 1. The van der Waals surface area contributed by atoms with Gasteiger partial charge in [-0.25, -0.2) is 17.1 Å². The van der Waals surface area contributed by atoms with Crippen LogP contribution in [0.15, 0.2) is 18.2 Å². The van der Waals surface area contributed by atoms with E-state index in [4.69, 9.17) is 0 Å². The Morgan fingerprint density at radius 1 is 1.30 bits per heavy atom. The van der Waals surface area contributed by atoms with Crippen LogP contribution in [0.3, 0.4) is 0 Å². The molecule has 1 heterocycles. The van der Waals surface area contributed by atoms with Gasteiger partial charge in [-0.05, 0) is 49.4 Å². The number of rotatable bonds is 7. The first-order valence-corrected chi connectivity index (χ1v) is 9.99. The Hall–Kier alpha value is -0.980. The number of hydrogen-bond donors (Lipinski definition) is 1. The van der Waals surface area contributed by atoms with Crippen molar-refractivity contribution in [1.29, 1.82) is 0 Å². The van der Waals surface area contributed by atoms with Crippen LogP contribution in [0.25, 0.3) is 0 Å². The molecular formula is C17H27FN2O2S. The van der Waals surface area contributed by atoms with Gasteiger partial charge in [-0.15, -0.1) is 0 Å². The van der Waals surface area contributed by atoms with E-state index in [1.807, 2.05) is 13.8 Å². The fourth-order valence-electron chi connectivity index (χ4n) is 2.88. The van der Waals surface area contributed by atoms with Crippen LogP contribution in [-0.2, 0) is 16.6 Å². The van der Waals surface area contributed by atoms with Crippen LogP contribution in [0.4, 0.5) is 4.39 Å². The highest BCUT2D eigenvalue weighted by Gasteiger charge is 2.27. The number of nitrogens with zero attached hydrogens (tertiary/aromatic N) is 1. The zero-order valence-corrected chi connectivity index (χ0v) is 14.8. The van der Waals surface area contributed by atoms with Gasteiger partial charge in [-0.1, -0.05) is 19.4 Å². The molecule has 0 spiro atoms. The van der Waals surface area contributed by atoms with E-state index in [1.54, 1.807) is 16.4 Å². The molecule has 1 aliphatic heterocycles. The average Bonchev–Trinajstić information content (AvgIpc) is 2.54. The van der Waals surface area contributed by atoms with Gasteiger partial charge in [0.2, 0.25) is 10.0 Å². The molecule has 130 valence electrons. The van der Waals surface area contributed by atoms with Crippen LogP contribution >= 0.6 is 0 Å². The van der Waals surface area contributed by atoms with Crippen molar-refractivity contribution < 1.29 is 12.8 Å². The van der Waals surface area contributed by atoms with E-state index in [-0.39, 0.29) is 17.6 Å². The third-order valence-corrected chi connectivity index (χ3v) is 6.45. The number of aryl methyl sites for hydroxylation is 1. The second kappa shape index (κ2) is 8.22. The number of benzene rings is 1. The second-order valence-corrected chi connectivity index (χ2v) is 8.38. The normalized spacial score (nSPS) is 17.5. The summed E-state index contributed by atoms with van der Waals surface area (Å²) in [5.74, 6) is 0.0358. The molecule has 0 aromatic heterocycles. The number of halogens is 1. The molecule has 0 saturated carbocycles. The molecule has 0 bridgehead atoms. The zero-order chi connectivity index (χ0) is 16.9. The van der Waals surface area contributed by atoms with Gasteiger partial charge in [-0.3, -0.25) is 0 Å². The first kappa shape index (κ1) is 18.4. The Balaban J connectivity index is 1.82. The van der Waals surface area contributed by atoms with Gasteiger partial charge >= 0.3 is 0 Å². The van der Waals surface area contributed by atoms with Gasteiger partial charge in [-0.2, -0.15) is 0 Å². The molecular weight excluding hydrogens is 315 g/mol. The minimum absolute atomic E-state index is 0.218. The third kappa shape index (κ3) is 5.26. The maximum Gasteiger partial charge on any atom is 0.214 e. The van der Waals surface area contributed by atoms with Gasteiger partial charge in [0.05, 0.1) is 5.75 Å². The van der Waals surface area contributed by atoms with Gasteiger partial charge < -0.3 is 5.32 Å². The maximum atomic E-state index is 13.3. The quantitative estimate of drug-likeness (QED) is 0.829. The van der Waals surface area contributed by atoms with Gasteiger partial charge in [0.1, 0.15) is 5.82 Å². The summed E-state index contributed by atoms with van der Waals surface area (Å²) in [6, 6.07) is 5.11. The van der Waals surface area contributed by atoms with Crippen molar-refractivity contribution in [3.8, 4) is 0 Å². The lowest BCUT2D eigenvalue weighted by Gasteiger charge is -2.32. The summed E-state index contributed by atoms with van der Waals surface area (Å²) < 4.78 is 39.3. The van der Waals surface area contributed by atoms with Crippen molar-refractivity contribution in [1.82, 2.24) is 9.62 Å². The van der Waals surface area contributed by atoms with Crippen LogP contribution in [0, 0.1) is 12.7 Å². The highest BCUT2D eigenvalue weighted by molar-refractivity contribution is 7.89. The summed E-state index contributed by atoms with van der Waals surface area (Å²) in [5.41, 5.74) is 2.03. The molecule has 1 saturated heterocycles. The molecule has 1 fully saturated rings. The van der Waals surface area contributed by atoms with Crippen molar-refractivity contribution in [2.75, 3.05) is 18.8 Å². The monoisotopic (exact) mass is 342 g/mol. The summed E-state index contributed by atoms with van der Waals surface area (Å²) in [5, 5.41) is 3.43. The van der Waals surface area contributed by atoms with Crippen LogP contribution in [0.1, 0.15) is 43.7 Å². The number of nitrogens with one attached hydrogen (secondary N) is 1. The van der Waals surface area contributed by atoms with Crippen molar-refractivity contribution in [3.05, 3.63) is 35.1 Å². The Morgan fingerprint density at radius 2 is 2.00 bits per heavy atom. The number of hydrogen-bond acceptors (Lipinski definition) is 3. The predicted octanol–water partition coefficient (Wildman–Crippen LogP) is 2.82. The van der Waals surface area contributed by atoms with E-state index in [0.717, 1.165) is 36.8 Å². The van der Waals surface area contributed by atoms with Crippen molar-refractivity contribution >= 4 is 10.0 Å². The molecule has 23 heavy (non-hydrogen) atoms. The van der Waals surface area contributed by atoms with Crippen LogP contribution in [0.2, 0.25) is 0 Å². The Bertz CT molecular complexity index is 611. The van der Waals surface area contributed by atoms with E-state index in [1.165, 1.54) is 6.07 Å². The van der Waals surface area contributed by atoms with E-state index in [2.05, 4.69) is 5.32 Å². The largest absolute Gasteiger partial charge is 0.310 e. The highest BCUT2D eigenvalue weighted by atomic mass is 32.2. The summed E-state index contributed by atoms with van der Waals surface area (Å²) in [6.07, 6.45) is 3.23. The van der Waals surface area contributed by atoms with E-state index < -0.39 is 10.0 Å². The topological polar surface area (TPSA) is 49.4 Å². The first-order valence-electron chi connectivity index (χ1n) is 8.38. The van der Waals surface area contributed by atoms with Crippen molar-refractivity contribution in [3.63, 3.8) is 0 Å². The second-order valence-electron chi connectivity index (χ2n) is 6.29. The van der Waals surface area contributed by atoms with Gasteiger partial charge in [0.25, 0.3) is 0 Å². The molecule has 1 aromatic rings. The number of sulfonamides is 1. The smallest absolute Gasteiger partial charge is 0.214 e. The van der Waals surface area contributed by atoms with Crippen LogP contribution < -0.4 is 5.32 Å². The molecule has 0 unspecified atom stereocenters. The maximum absolute atomic E-state index is 13.3. The zero-order valence-electron chi connectivity index (χ0n) is 14.0. The minimum Gasteiger partial charge on any atom is -0.310 e. The lowest BCUT2D eigenvalue weighted by molar-refractivity contribution is 0.288. The molecule has 0 amide bonds. The Kier molecular flexibility index (Phi) is 6.56. The summed E-state index contributed by atoms with van der Waals surface area (Å²) in [6.45, 7) is 5.74. The summed E-state index contributed by atoms with van der Waals surface area (Å²) >= 11 is 0.